The second-order valence-corrected chi connectivity index (χ2v) is 6.08. The van der Waals surface area contributed by atoms with E-state index in [9.17, 15) is 0 Å². The highest BCUT2D eigenvalue weighted by atomic mass is 32.1. The van der Waals surface area contributed by atoms with E-state index in [-0.39, 0.29) is 0 Å². The van der Waals surface area contributed by atoms with Gasteiger partial charge in [-0.15, -0.1) is 63.1 Å². The molecule has 0 N–H and O–H groups in total. The summed E-state index contributed by atoms with van der Waals surface area (Å²) in [6, 6.07) is 9.88. The first-order chi connectivity index (χ1) is 9.02. The molecule has 0 fully saturated rings. The number of benzene rings is 2. The van der Waals surface area contributed by atoms with Gasteiger partial charge in [-0.3, -0.25) is 0 Å². The molecule has 0 aromatic heterocycles. The van der Waals surface area contributed by atoms with Crippen molar-refractivity contribution in [2.45, 2.75) is 31.1 Å². The van der Waals surface area contributed by atoms with Gasteiger partial charge in [0.1, 0.15) is 12.4 Å². The van der Waals surface area contributed by atoms with Crippen LogP contribution in [0, 0.1) is 0 Å². The Morgan fingerprint density at radius 2 is 1.16 bits per heavy atom. The molecule has 0 unspecified atom stereocenters. The zero-order valence-corrected chi connectivity index (χ0v) is 14.2. The van der Waals surface area contributed by atoms with Crippen molar-refractivity contribution in [2.75, 3.05) is 0 Å². The molecule has 2 rings (SSSR count). The van der Waals surface area contributed by atoms with E-state index in [0.29, 0.717) is 36.8 Å². The van der Waals surface area contributed by atoms with Crippen LogP contribution in [0.4, 0.5) is 0 Å². The van der Waals surface area contributed by atoms with E-state index >= 15 is 0 Å². The van der Waals surface area contributed by atoms with Crippen LogP contribution in [0.2, 0.25) is 0 Å². The summed E-state index contributed by atoms with van der Waals surface area (Å²) in [4.78, 5) is 3.16. The summed E-state index contributed by atoms with van der Waals surface area (Å²) in [5.74, 6) is 0.573. The van der Waals surface area contributed by atoms with Crippen LogP contribution in [0.25, 0.3) is 0 Å². The fourth-order valence-electron chi connectivity index (χ4n) is 1.53. The van der Waals surface area contributed by atoms with E-state index in [1.807, 2.05) is 30.3 Å². The lowest BCUT2D eigenvalue weighted by molar-refractivity contribution is 0.287. The van der Waals surface area contributed by atoms with Crippen molar-refractivity contribution < 1.29 is 4.74 Å². The second kappa shape index (κ2) is 6.63. The fraction of sp³-hybridized carbons (Fsp3) is 0.0769. The topological polar surface area (TPSA) is 9.23 Å². The van der Waals surface area contributed by atoms with Crippen molar-refractivity contribution >= 4 is 63.1 Å². The van der Waals surface area contributed by atoms with Crippen LogP contribution in [0.15, 0.2) is 54.8 Å². The van der Waals surface area contributed by atoms with Gasteiger partial charge in [0, 0.05) is 14.7 Å². The molecule has 2 aromatic rings. The zero-order chi connectivity index (χ0) is 14.0. The number of hydrogen-bond donors (Lipinski definition) is 5. The van der Waals surface area contributed by atoms with Crippen LogP contribution in [0.3, 0.4) is 0 Å². The average molecular weight is 345 g/mol. The van der Waals surface area contributed by atoms with Crippen LogP contribution >= 0.6 is 63.1 Å². The van der Waals surface area contributed by atoms with Crippen LogP contribution in [-0.4, -0.2) is 0 Å². The molecule has 0 saturated carbocycles. The first-order valence-corrected chi connectivity index (χ1v) is 7.61. The molecule has 6 heteroatoms. The Balaban J connectivity index is 2.31. The van der Waals surface area contributed by atoms with Crippen LogP contribution in [0.1, 0.15) is 5.56 Å². The van der Waals surface area contributed by atoms with E-state index in [2.05, 4.69) is 63.1 Å². The maximum Gasteiger partial charge on any atom is 0.148 e. The Labute approximate surface area is 140 Å². The summed E-state index contributed by atoms with van der Waals surface area (Å²) in [5, 5.41) is 0. The van der Waals surface area contributed by atoms with Gasteiger partial charge in [-0.25, -0.2) is 0 Å². The lowest BCUT2D eigenvalue weighted by Crippen LogP contribution is -1.98. The summed E-state index contributed by atoms with van der Waals surface area (Å²) >= 11 is 21.9. The smallest absolute Gasteiger partial charge is 0.148 e. The van der Waals surface area contributed by atoms with Gasteiger partial charge in [-0.2, -0.15) is 0 Å². The summed E-state index contributed by atoms with van der Waals surface area (Å²) in [6.45, 7) is 0.439. The number of thiol groups is 5. The summed E-state index contributed by atoms with van der Waals surface area (Å²) in [7, 11) is 0. The Morgan fingerprint density at radius 3 is 1.68 bits per heavy atom. The zero-order valence-electron chi connectivity index (χ0n) is 9.74. The maximum atomic E-state index is 5.79. The Morgan fingerprint density at radius 1 is 0.684 bits per heavy atom. The second-order valence-electron chi connectivity index (χ2n) is 3.85. The molecule has 0 saturated heterocycles. The van der Waals surface area contributed by atoms with Crippen molar-refractivity contribution in [2.24, 2.45) is 0 Å². The summed E-state index contributed by atoms with van der Waals surface area (Å²) in [5.41, 5.74) is 1.07. The first-order valence-electron chi connectivity index (χ1n) is 5.38. The standard InChI is InChI=1S/C13H12OS5/c15-9-8(10(16)12(18)13(19)11(9)17)14-6-7-4-2-1-3-5-7/h1-5,15-19H,6H2. The largest absolute Gasteiger partial charge is 0.486 e. The third kappa shape index (κ3) is 3.36. The van der Waals surface area contributed by atoms with Crippen LogP contribution in [-0.2, 0) is 6.61 Å². The van der Waals surface area contributed by atoms with Crippen molar-refractivity contribution in [1.29, 1.82) is 0 Å². The van der Waals surface area contributed by atoms with Gasteiger partial charge >= 0.3 is 0 Å². The minimum Gasteiger partial charge on any atom is -0.486 e. The highest BCUT2D eigenvalue weighted by molar-refractivity contribution is 7.87. The molecule has 0 bridgehead atoms. The molecule has 0 heterocycles. The Kier molecular flexibility index (Phi) is 5.37. The third-order valence-electron chi connectivity index (χ3n) is 2.55. The number of rotatable bonds is 3. The Hall–Kier alpha value is -0.0100. The van der Waals surface area contributed by atoms with E-state index in [1.165, 1.54) is 0 Å². The molecule has 1 nitrogen and oxygen atoms in total. The first kappa shape index (κ1) is 15.4. The Bertz CT molecular complexity index is 569. The summed E-state index contributed by atoms with van der Waals surface area (Å²) in [6.07, 6.45) is 0. The highest BCUT2D eigenvalue weighted by Gasteiger charge is 2.16. The van der Waals surface area contributed by atoms with E-state index in [4.69, 9.17) is 4.74 Å². The molecular weight excluding hydrogens is 332 g/mol. The van der Waals surface area contributed by atoms with Gasteiger partial charge in [-0.05, 0) is 5.56 Å². The molecule has 0 spiro atoms. The lowest BCUT2D eigenvalue weighted by atomic mass is 10.2. The molecule has 0 atom stereocenters. The third-order valence-corrected chi connectivity index (χ3v) is 5.45. The van der Waals surface area contributed by atoms with E-state index < -0.39 is 0 Å². The van der Waals surface area contributed by atoms with E-state index in [1.54, 1.807) is 0 Å². The minimum atomic E-state index is 0.439. The molecule has 19 heavy (non-hydrogen) atoms. The predicted octanol–water partition coefficient (Wildman–Crippen LogP) is 4.71. The van der Waals surface area contributed by atoms with E-state index in [0.717, 1.165) is 5.56 Å². The lowest BCUT2D eigenvalue weighted by Gasteiger charge is -2.16. The van der Waals surface area contributed by atoms with Gasteiger partial charge in [0.25, 0.3) is 0 Å². The van der Waals surface area contributed by atoms with Gasteiger partial charge < -0.3 is 4.74 Å². The monoisotopic (exact) mass is 344 g/mol. The molecule has 0 amide bonds. The number of ether oxygens (including phenoxy) is 1. The average Bonchev–Trinajstić information content (AvgIpc) is 2.44. The van der Waals surface area contributed by atoms with Gasteiger partial charge in [0.05, 0.1) is 9.79 Å². The van der Waals surface area contributed by atoms with Crippen LogP contribution < -0.4 is 4.74 Å². The summed E-state index contributed by atoms with van der Waals surface area (Å²) < 4.78 is 5.79. The normalized spacial score (nSPS) is 10.6. The van der Waals surface area contributed by atoms with Crippen LogP contribution in [0.5, 0.6) is 5.75 Å². The van der Waals surface area contributed by atoms with Gasteiger partial charge in [0.2, 0.25) is 0 Å². The van der Waals surface area contributed by atoms with Gasteiger partial charge in [-0.1, -0.05) is 30.3 Å². The minimum absolute atomic E-state index is 0.439. The van der Waals surface area contributed by atoms with Crippen molar-refractivity contribution in [3.63, 3.8) is 0 Å². The van der Waals surface area contributed by atoms with Crippen molar-refractivity contribution in [1.82, 2.24) is 0 Å². The maximum absolute atomic E-state index is 5.79. The number of hydrogen-bond acceptors (Lipinski definition) is 6. The van der Waals surface area contributed by atoms with Gasteiger partial charge in [0.15, 0.2) is 0 Å². The quantitative estimate of drug-likeness (QED) is 0.507. The molecule has 0 aliphatic rings. The molecule has 0 aliphatic carbocycles. The highest BCUT2D eigenvalue weighted by Crippen LogP contribution is 2.44. The van der Waals surface area contributed by atoms with Crippen molar-refractivity contribution in [3.8, 4) is 5.75 Å². The molecular formula is C13H12OS5. The molecule has 0 radical (unpaired) electrons. The van der Waals surface area contributed by atoms with Crippen molar-refractivity contribution in [3.05, 3.63) is 35.9 Å². The molecule has 0 aliphatic heterocycles. The molecule has 100 valence electrons. The molecule has 2 aromatic carbocycles. The fourth-order valence-corrected chi connectivity index (χ4v) is 3.11. The SMILES string of the molecule is Sc1c(S)c(S)c(OCc2ccccc2)c(S)c1S. The predicted molar refractivity (Wildman–Crippen MR) is 93.5 cm³/mol.